The number of unbranched alkanes of at least 4 members (excludes halogenated alkanes) is 1. The van der Waals surface area contributed by atoms with E-state index in [-0.39, 0.29) is 32.9 Å². The van der Waals surface area contributed by atoms with Gasteiger partial charge >= 0.3 is 21.1 Å². The van der Waals surface area contributed by atoms with Crippen molar-refractivity contribution in [2.45, 2.75) is 59.4 Å². The summed E-state index contributed by atoms with van der Waals surface area (Å²) in [5.74, 6) is -0.626. The molecule has 1 unspecified atom stereocenters. The molecule has 1 fully saturated rings. The second kappa shape index (κ2) is 13.5. The van der Waals surface area contributed by atoms with Crippen LogP contribution >= 0.6 is 0 Å². The molecule has 0 aromatic carbocycles. The van der Waals surface area contributed by atoms with Gasteiger partial charge in [0.15, 0.2) is 0 Å². The van der Waals surface area contributed by atoms with Crippen LogP contribution in [0.4, 0.5) is 0 Å². The molecule has 0 aromatic rings. The zero-order chi connectivity index (χ0) is 16.3. The molecule has 0 aromatic heterocycles. The van der Waals surface area contributed by atoms with E-state index in [1.807, 2.05) is 26.8 Å². The smallest absolute Gasteiger partial charge is 0.699 e. The molecule has 0 aliphatic carbocycles. The van der Waals surface area contributed by atoms with E-state index in [2.05, 4.69) is 23.3 Å². The van der Waals surface area contributed by atoms with Crippen LogP contribution in [0.2, 0.25) is 0 Å². The Hall–Kier alpha value is -1.15. The van der Waals surface area contributed by atoms with E-state index < -0.39 is 6.04 Å². The van der Waals surface area contributed by atoms with E-state index >= 15 is 0 Å². The Kier molecular flexibility index (Phi) is 14.2. The van der Waals surface area contributed by atoms with E-state index in [1.54, 1.807) is 13.0 Å². The molecule has 0 radical (unpaired) electrons. The van der Waals surface area contributed by atoms with E-state index in [0.717, 1.165) is 12.8 Å². The van der Waals surface area contributed by atoms with Crippen molar-refractivity contribution in [2.75, 3.05) is 0 Å². The van der Waals surface area contributed by atoms with Crippen LogP contribution in [-0.4, -0.2) is 17.9 Å². The molecule has 0 saturated carbocycles. The number of hydrogen-bond donors (Lipinski definition) is 1. The van der Waals surface area contributed by atoms with Gasteiger partial charge in [0.1, 0.15) is 0 Å². The number of piperidine rings is 1. The van der Waals surface area contributed by atoms with E-state index in [9.17, 15) is 9.59 Å². The van der Waals surface area contributed by atoms with Crippen molar-refractivity contribution in [3.63, 3.8) is 0 Å². The standard InChI is InChI=1S/C15H21N2O2.C2H6.W/c1-4-6-8-12(7-5-2)14(18)17-13-10-9-11(3)16-15(13)19;1-2;/h5,8,13H,3-4,6,9-10H2,1-2H3,(H2,16,17,18,19);1-2H3;/q-1;;+2/p-1/b12-8+;;. The zero-order valence-electron chi connectivity index (χ0n) is 13.9. The van der Waals surface area contributed by atoms with Gasteiger partial charge in [-0.05, 0) is 18.4 Å². The first-order chi connectivity index (χ1) is 10.1. The maximum Gasteiger partial charge on any atom is 2.00 e. The molecule has 1 aliphatic heterocycles. The van der Waals surface area contributed by atoms with Gasteiger partial charge in [-0.25, -0.2) is 0 Å². The number of rotatable bonds is 5. The fourth-order valence-electron chi connectivity index (χ4n) is 1.75. The molecule has 1 N–H and O–H groups in total. The maximum absolute atomic E-state index is 12.0. The van der Waals surface area contributed by atoms with Crippen LogP contribution in [0.3, 0.4) is 0 Å². The van der Waals surface area contributed by atoms with Gasteiger partial charge in [0.2, 0.25) is 5.91 Å². The molecule has 0 spiro atoms. The summed E-state index contributed by atoms with van der Waals surface area (Å²) in [6.07, 6.45) is 9.31. The van der Waals surface area contributed by atoms with Gasteiger partial charge in [0, 0.05) is 5.70 Å². The Morgan fingerprint density at radius 2 is 2.14 bits per heavy atom. The van der Waals surface area contributed by atoms with Gasteiger partial charge < -0.3 is 15.4 Å². The van der Waals surface area contributed by atoms with Crippen molar-refractivity contribution in [2.24, 2.45) is 0 Å². The molecule has 1 saturated heterocycles. The number of carbonyl (C=O) groups excluding carboxylic acids is 2. The molecule has 1 rings (SSSR count). The van der Waals surface area contributed by atoms with Gasteiger partial charge in [-0.3, -0.25) is 4.79 Å². The van der Waals surface area contributed by atoms with Crippen molar-refractivity contribution in [1.82, 2.24) is 5.32 Å². The Morgan fingerprint density at radius 1 is 1.50 bits per heavy atom. The quantitative estimate of drug-likeness (QED) is 0.375. The van der Waals surface area contributed by atoms with Crippen LogP contribution in [0.5, 0.6) is 0 Å². The molecule has 2 amide bonds. The number of hydrogen-bond acceptors (Lipinski definition) is 2. The van der Waals surface area contributed by atoms with Crippen molar-refractivity contribution >= 4 is 11.8 Å². The molecule has 22 heavy (non-hydrogen) atoms. The Bertz CT molecular complexity index is 428. The fourth-order valence-corrected chi connectivity index (χ4v) is 1.75. The topological polar surface area (TPSA) is 60.3 Å². The van der Waals surface area contributed by atoms with Crippen molar-refractivity contribution in [1.29, 1.82) is 0 Å². The summed E-state index contributed by atoms with van der Waals surface area (Å²) in [6, 6.07) is -0.610. The average Bonchev–Trinajstić information content (AvgIpc) is 2.48. The minimum absolute atomic E-state index is 0. The summed E-state index contributed by atoms with van der Waals surface area (Å²) < 4.78 is 0. The summed E-state index contributed by atoms with van der Waals surface area (Å²) in [7, 11) is 0. The second-order valence-corrected chi connectivity index (χ2v) is 4.42. The number of carbonyl (C=O) groups is 2. The third-order valence-electron chi connectivity index (χ3n) is 2.76. The number of nitrogens with one attached hydrogen (secondary N) is 1. The molecule has 1 aliphatic rings. The van der Waals surface area contributed by atoms with Crippen molar-refractivity contribution in [3.05, 3.63) is 41.4 Å². The molecule has 0 bridgehead atoms. The monoisotopic (exact) mass is 474 g/mol. The van der Waals surface area contributed by atoms with E-state index in [0.29, 0.717) is 24.1 Å². The first kappa shape index (κ1) is 23.1. The first-order valence-electron chi connectivity index (χ1n) is 7.56. The Labute approximate surface area is 148 Å². The third-order valence-corrected chi connectivity index (χ3v) is 2.76. The minimum Gasteiger partial charge on any atom is -0.699 e. The Balaban J connectivity index is 0. The Morgan fingerprint density at radius 3 is 2.64 bits per heavy atom. The fraction of sp³-hybridized carbons (Fsp3) is 0.529. The van der Waals surface area contributed by atoms with Crippen LogP contribution in [0.25, 0.3) is 5.32 Å². The SMILES string of the molecule is C=C1CCC([N-]C(=O)/C([C-]=CC)=C/CCC)C(=O)N1.CC.[W+2]. The van der Waals surface area contributed by atoms with Crippen LogP contribution in [0, 0.1) is 6.08 Å². The van der Waals surface area contributed by atoms with Gasteiger partial charge in [0.05, 0.1) is 0 Å². The average molecular weight is 474 g/mol. The summed E-state index contributed by atoms with van der Waals surface area (Å²) in [5, 5.41) is 6.60. The van der Waals surface area contributed by atoms with Gasteiger partial charge in [-0.15, -0.1) is 6.08 Å². The number of amides is 2. The van der Waals surface area contributed by atoms with Crippen LogP contribution in [-0.2, 0) is 30.7 Å². The number of allylic oxidation sites excluding steroid dienone is 3. The summed E-state index contributed by atoms with van der Waals surface area (Å²) in [6.45, 7) is 11.5. The van der Waals surface area contributed by atoms with Crippen LogP contribution in [0.15, 0.2) is 30.0 Å². The minimum atomic E-state index is -0.610. The molecule has 1 heterocycles. The molecular formula is C17H26N2O2W. The molecule has 122 valence electrons. The van der Waals surface area contributed by atoms with Crippen molar-refractivity contribution < 1.29 is 30.7 Å². The summed E-state index contributed by atoms with van der Waals surface area (Å²) in [5.41, 5.74) is 1.12. The van der Waals surface area contributed by atoms with Gasteiger partial charge in [-0.1, -0.05) is 53.5 Å². The number of nitrogens with zero attached hydrogens (tertiary/aromatic N) is 1. The molecular weight excluding hydrogens is 448 g/mol. The largest absolute Gasteiger partial charge is 2.00 e. The second-order valence-electron chi connectivity index (χ2n) is 4.42. The molecule has 5 heteroatoms. The van der Waals surface area contributed by atoms with Crippen LogP contribution < -0.4 is 5.32 Å². The maximum atomic E-state index is 12.0. The summed E-state index contributed by atoms with van der Waals surface area (Å²) in [4.78, 5) is 23.7. The predicted molar refractivity (Wildman–Crippen MR) is 86.5 cm³/mol. The summed E-state index contributed by atoms with van der Waals surface area (Å²) >= 11 is 0. The normalized spacial score (nSPS) is 18.0. The van der Waals surface area contributed by atoms with Gasteiger partial charge in [-0.2, -0.15) is 17.7 Å². The van der Waals surface area contributed by atoms with Gasteiger partial charge in [0.25, 0.3) is 0 Å². The zero-order valence-corrected chi connectivity index (χ0v) is 16.9. The molecule has 1 atom stereocenters. The molecule has 4 nitrogen and oxygen atoms in total. The predicted octanol–water partition coefficient (Wildman–Crippen LogP) is 3.81. The third kappa shape index (κ3) is 8.33. The first-order valence-corrected chi connectivity index (χ1v) is 7.56. The van der Waals surface area contributed by atoms with E-state index in [4.69, 9.17) is 0 Å². The van der Waals surface area contributed by atoms with Crippen LogP contribution in [0.1, 0.15) is 53.4 Å². The van der Waals surface area contributed by atoms with Crippen molar-refractivity contribution in [3.8, 4) is 0 Å². The van der Waals surface area contributed by atoms with E-state index in [1.165, 1.54) is 0 Å².